The van der Waals surface area contributed by atoms with Crippen LogP contribution in [0.2, 0.25) is 0 Å². The molecule has 182 valence electrons. The highest BCUT2D eigenvalue weighted by Gasteiger charge is 2.71. The van der Waals surface area contributed by atoms with Gasteiger partial charge in [0.25, 0.3) is 5.60 Å². The van der Waals surface area contributed by atoms with Crippen molar-refractivity contribution in [2.45, 2.75) is 83.2 Å². The number of aliphatic hydroxyl groups is 1. The maximum absolute atomic E-state index is 13.5. The summed E-state index contributed by atoms with van der Waals surface area (Å²) in [4.78, 5) is 0. The Hall–Kier alpha value is -0.800. The van der Waals surface area contributed by atoms with Gasteiger partial charge in [-0.05, 0) is 68.1 Å². The van der Waals surface area contributed by atoms with E-state index in [0.717, 1.165) is 39.2 Å². The topological polar surface area (TPSA) is 38.7 Å². The first-order valence-corrected chi connectivity index (χ1v) is 10.9. The summed E-state index contributed by atoms with van der Waals surface area (Å²) in [7, 11) is 0.987. The van der Waals surface area contributed by atoms with Crippen LogP contribution in [0.3, 0.4) is 0 Å². The zero-order valence-electron chi connectivity index (χ0n) is 18.4. The van der Waals surface area contributed by atoms with Crippen molar-refractivity contribution in [1.29, 1.82) is 0 Å². The molecule has 31 heavy (non-hydrogen) atoms. The van der Waals surface area contributed by atoms with Crippen LogP contribution in [0, 0.1) is 23.2 Å². The lowest BCUT2D eigenvalue weighted by Gasteiger charge is -2.44. The lowest BCUT2D eigenvalue weighted by Crippen LogP contribution is -2.59. The van der Waals surface area contributed by atoms with Crippen LogP contribution >= 0.6 is 0 Å². The lowest BCUT2D eigenvalue weighted by atomic mass is 9.60. The zero-order valence-corrected chi connectivity index (χ0v) is 18.4. The van der Waals surface area contributed by atoms with Crippen molar-refractivity contribution in [1.82, 2.24) is 0 Å². The van der Waals surface area contributed by atoms with Crippen molar-refractivity contribution >= 4 is 0 Å². The summed E-state index contributed by atoms with van der Waals surface area (Å²) in [5.41, 5.74) is -3.01. The van der Waals surface area contributed by atoms with Crippen molar-refractivity contribution in [3.63, 3.8) is 0 Å². The zero-order chi connectivity index (χ0) is 23.5. The van der Waals surface area contributed by atoms with E-state index < -0.39 is 31.2 Å². The number of methoxy groups -OCH3 is 1. The third kappa shape index (κ3) is 5.24. The molecule has 2 fully saturated rings. The number of aliphatic hydroxyl groups excluding tert-OH is 1. The number of halogens is 6. The van der Waals surface area contributed by atoms with Gasteiger partial charge in [0.15, 0.2) is 0 Å². The van der Waals surface area contributed by atoms with Crippen molar-refractivity contribution < 1.29 is 40.9 Å². The predicted octanol–water partition coefficient (Wildman–Crippen LogP) is 6.41. The van der Waals surface area contributed by atoms with Gasteiger partial charge < -0.3 is 14.6 Å². The number of hydrogen-bond acceptors (Lipinski definition) is 3. The van der Waals surface area contributed by atoms with Crippen LogP contribution < -0.4 is 0 Å². The quantitative estimate of drug-likeness (QED) is 0.245. The molecule has 0 spiro atoms. The molecule has 2 saturated carbocycles. The van der Waals surface area contributed by atoms with E-state index in [1.54, 1.807) is 0 Å². The molecule has 0 radical (unpaired) electrons. The van der Waals surface area contributed by atoms with Gasteiger partial charge in [0.2, 0.25) is 0 Å². The molecule has 0 amide bonds. The first-order valence-electron chi connectivity index (χ1n) is 10.9. The standard InChI is InChI=1S/C22H34F6O3/c1-15(17-8-9-18-16(10-13-29)7-5-11-19(17,18)2)6-4-12-20(21(23,24)25,22(26,27)28)31-14-30-3/h10,15,17-18,29H,4-9,11-14H2,1-3H3/b16-10+/t15-,17-,18+,19-/m1/s1. The molecule has 0 aromatic rings. The number of rotatable bonds is 9. The third-order valence-corrected chi connectivity index (χ3v) is 7.61. The molecule has 0 bridgehead atoms. The molecule has 2 aliphatic rings. The van der Waals surface area contributed by atoms with Gasteiger partial charge in [-0.25, -0.2) is 0 Å². The minimum Gasteiger partial charge on any atom is -0.392 e. The summed E-state index contributed by atoms with van der Waals surface area (Å²) >= 11 is 0. The Morgan fingerprint density at radius 2 is 1.81 bits per heavy atom. The molecule has 9 heteroatoms. The Morgan fingerprint density at radius 1 is 1.16 bits per heavy atom. The average molecular weight is 460 g/mol. The van der Waals surface area contributed by atoms with E-state index in [1.165, 1.54) is 5.57 Å². The van der Waals surface area contributed by atoms with Crippen molar-refractivity contribution in [2.75, 3.05) is 20.5 Å². The molecule has 3 nitrogen and oxygen atoms in total. The smallest absolute Gasteiger partial charge is 0.392 e. The minimum atomic E-state index is -5.59. The van der Waals surface area contributed by atoms with Crippen LogP contribution in [0.25, 0.3) is 0 Å². The Balaban J connectivity index is 2.10. The van der Waals surface area contributed by atoms with Gasteiger partial charge in [-0.3, -0.25) is 0 Å². The van der Waals surface area contributed by atoms with Crippen LogP contribution in [-0.2, 0) is 9.47 Å². The first kappa shape index (κ1) is 26.5. The predicted molar refractivity (Wildman–Crippen MR) is 104 cm³/mol. The van der Waals surface area contributed by atoms with E-state index in [0.29, 0.717) is 5.92 Å². The van der Waals surface area contributed by atoms with Crippen LogP contribution in [0.5, 0.6) is 0 Å². The fourth-order valence-electron chi connectivity index (χ4n) is 6.09. The van der Waals surface area contributed by atoms with E-state index in [4.69, 9.17) is 0 Å². The number of alkyl halides is 6. The van der Waals surface area contributed by atoms with Gasteiger partial charge in [-0.1, -0.05) is 31.9 Å². The Labute approximate surface area is 180 Å². The summed E-state index contributed by atoms with van der Waals surface area (Å²) in [6.07, 6.45) is -5.73. The second kappa shape index (κ2) is 10.00. The van der Waals surface area contributed by atoms with Gasteiger partial charge in [-0.15, -0.1) is 0 Å². The number of hydrogen-bond donors (Lipinski definition) is 1. The monoisotopic (exact) mass is 460 g/mol. The fourth-order valence-corrected chi connectivity index (χ4v) is 6.09. The Morgan fingerprint density at radius 3 is 2.35 bits per heavy atom. The highest BCUT2D eigenvalue weighted by molar-refractivity contribution is 5.18. The molecule has 0 aromatic carbocycles. The lowest BCUT2D eigenvalue weighted by molar-refractivity contribution is -0.394. The maximum atomic E-state index is 13.5. The van der Waals surface area contributed by atoms with E-state index >= 15 is 0 Å². The SMILES string of the molecule is COCOC(CCC[C@@H](C)[C@H]1CC[C@H]2/C(=C/CO)CCC[C@]12C)(C(F)(F)F)C(F)(F)F. The number of ether oxygens (including phenoxy) is 2. The summed E-state index contributed by atoms with van der Waals surface area (Å²) < 4.78 is 89.6. The molecule has 0 saturated heterocycles. The van der Waals surface area contributed by atoms with Gasteiger partial charge in [-0.2, -0.15) is 26.3 Å². The Kier molecular flexibility index (Phi) is 8.53. The van der Waals surface area contributed by atoms with E-state index in [-0.39, 0.29) is 36.7 Å². The second-order valence-electron chi connectivity index (χ2n) is 9.30. The van der Waals surface area contributed by atoms with Crippen LogP contribution in [0.15, 0.2) is 11.6 Å². The third-order valence-electron chi connectivity index (χ3n) is 7.61. The summed E-state index contributed by atoms with van der Waals surface area (Å²) in [6.45, 7) is 3.02. The fraction of sp³-hybridized carbons (Fsp3) is 0.909. The van der Waals surface area contributed by atoms with Gasteiger partial charge in [0.05, 0.1) is 6.61 Å². The largest absolute Gasteiger partial charge is 0.426 e. The molecule has 2 aliphatic carbocycles. The highest BCUT2D eigenvalue weighted by atomic mass is 19.4. The van der Waals surface area contributed by atoms with E-state index in [2.05, 4.69) is 16.4 Å². The van der Waals surface area contributed by atoms with Crippen molar-refractivity contribution in [3.8, 4) is 0 Å². The van der Waals surface area contributed by atoms with Crippen LogP contribution in [0.1, 0.15) is 65.2 Å². The summed E-state index contributed by atoms with van der Waals surface area (Å²) in [5, 5.41) is 9.30. The van der Waals surface area contributed by atoms with Crippen molar-refractivity contribution in [2.24, 2.45) is 23.2 Å². The van der Waals surface area contributed by atoms with Gasteiger partial charge in [0, 0.05) is 7.11 Å². The molecular formula is C22H34F6O3. The minimum absolute atomic E-state index is 0.00920. The normalized spacial score (nSPS) is 29.9. The second-order valence-corrected chi connectivity index (χ2v) is 9.30. The van der Waals surface area contributed by atoms with E-state index in [1.807, 2.05) is 13.0 Å². The highest BCUT2D eigenvalue weighted by Crippen LogP contribution is 2.60. The summed E-state index contributed by atoms with van der Waals surface area (Å²) in [6, 6.07) is 0. The molecular weight excluding hydrogens is 426 g/mol. The first-order chi connectivity index (χ1) is 14.3. The number of allylic oxidation sites excluding steroid dienone is 1. The molecule has 1 N–H and O–H groups in total. The van der Waals surface area contributed by atoms with Crippen molar-refractivity contribution in [3.05, 3.63) is 11.6 Å². The van der Waals surface area contributed by atoms with Crippen LogP contribution in [0.4, 0.5) is 26.3 Å². The summed E-state index contributed by atoms with van der Waals surface area (Å²) in [5.74, 6) is 0.548. The van der Waals surface area contributed by atoms with Gasteiger partial charge >= 0.3 is 12.4 Å². The molecule has 0 heterocycles. The molecule has 0 aromatic heterocycles. The maximum Gasteiger partial charge on any atom is 0.426 e. The van der Waals surface area contributed by atoms with Crippen LogP contribution in [-0.4, -0.2) is 43.6 Å². The van der Waals surface area contributed by atoms with Gasteiger partial charge in [0.1, 0.15) is 6.79 Å². The molecule has 0 aliphatic heterocycles. The number of fused-ring (bicyclic) bond motifs is 1. The van der Waals surface area contributed by atoms with E-state index in [9.17, 15) is 31.4 Å². The molecule has 0 unspecified atom stereocenters. The Bertz CT molecular complexity index is 601. The average Bonchev–Trinajstić information content (AvgIpc) is 3.00. The molecule has 2 rings (SSSR count). The molecule has 4 atom stereocenters.